The van der Waals surface area contributed by atoms with Crippen LogP contribution in [0.25, 0.3) is 17.3 Å². The number of rotatable bonds is 4. The molecule has 31 heavy (non-hydrogen) atoms. The molecule has 6 heteroatoms. The van der Waals surface area contributed by atoms with E-state index in [2.05, 4.69) is 40.7 Å². The van der Waals surface area contributed by atoms with E-state index in [-0.39, 0.29) is 5.82 Å². The molecule has 156 valence electrons. The number of aryl methyl sites for hydroxylation is 3. The molecule has 0 spiro atoms. The Morgan fingerprint density at radius 2 is 1.94 bits per heavy atom. The lowest BCUT2D eigenvalue weighted by molar-refractivity contribution is 0.549. The molecule has 0 atom stereocenters. The Hall–Kier alpha value is -3.54. The van der Waals surface area contributed by atoms with E-state index in [0.717, 1.165) is 53.5 Å². The molecule has 0 saturated heterocycles. The maximum atomic E-state index is 13.2. The molecule has 3 heterocycles. The number of fused-ring (bicyclic) bond motifs is 1. The minimum atomic E-state index is -0.226. The lowest BCUT2D eigenvalue weighted by Crippen LogP contribution is -2.11. The van der Waals surface area contributed by atoms with Gasteiger partial charge in [-0.05, 0) is 79.3 Å². The van der Waals surface area contributed by atoms with Gasteiger partial charge < -0.3 is 4.57 Å². The van der Waals surface area contributed by atoms with E-state index in [9.17, 15) is 4.39 Å². The molecule has 1 aliphatic rings. The minimum Gasteiger partial charge on any atom is -0.306 e. The second kappa shape index (κ2) is 7.95. The third kappa shape index (κ3) is 4.06. The molecule has 0 saturated carbocycles. The van der Waals surface area contributed by atoms with Crippen molar-refractivity contribution >= 4 is 11.6 Å². The number of allylic oxidation sites excluding steroid dienone is 1. The fraction of sp³-hybridized carbons (Fsp3) is 0.240. The van der Waals surface area contributed by atoms with Gasteiger partial charge in [0.25, 0.3) is 0 Å². The van der Waals surface area contributed by atoms with Crippen LogP contribution >= 0.6 is 0 Å². The number of nitrogens with zero attached hydrogens (tertiary/aromatic N) is 5. The highest BCUT2D eigenvalue weighted by Crippen LogP contribution is 2.28. The number of hydrogen-bond donors (Lipinski definition) is 0. The average Bonchev–Trinajstić information content (AvgIpc) is 3.36. The van der Waals surface area contributed by atoms with Crippen molar-refractivity contribution in [1.29, 1.82) is 0 Å². The zero-order chi connectivity index (χ0) is 21.4. The Labute approximate surface area is 180 Å². The monoisotopic (exact) mass is 413 g/mol. The van der Waals surface area contributed by atoms with Crippen molar-refractivity contribution in [3.05, 3.63) is 94.8 Å². The number of aromatic nitrogens is 5. The highest BCUT2D eigenvalue weighted by molar-refractivity contribution is 5.79. The van der Waals surface area contributed by atoms with Gasteiger partial charge >= 0.3 is 0 Å². The molecule has 4 aromatic rings. The standard InChI is InChI=1S/C25H24FN5/c1-17-12-20(7-10-23(17)30-15-18(2)27-16-30)13-21-4-3-11-31-25(21)28-24(29-31)14-19-5-8-22(26)9-6-19/h5-10,12-13,15-16H,3-4,11,14H2,1-2H3/b21-13+. The normalized spacial score (nSPS) is 14.7. The average molecular weight is 414 g/mol. The van der Waals surface area contributed by atoms with Crippen molar-refractivity contribution in [2.24, 2.45) is 0 Å². The van der Waals surface area contributed by atoms with Gasteiger partial charge in [0.05, 0.1) is 12.0 Å². The summed E-state index contributed by atoms with van der Waals surface area (Å²) in [5.41, 5.74) is 6.70. The first-order chi connectivity index (χ1) is 15.0. The fourth-order valence-electron chi connectivity index (χ4n) is 4.12. The molecule has 0 fully saturated rings. The second-order valence-electron chi connectivity index (χ2n) is 8.12. The van der Waals surface area contributed by atoms with E-state index in [0.29, 0.717) is 6.42 Å². The summed E-state index contributed by atoms with van der Waals surface area (Å²) in [7, 11) is 0. The summed E-state index contributed by atoms with van der Waals surface area (Å²) >= 11 is 0. The molecular weight excluding hydrogens is 389 g/mol. The molecule has 2 aromatic carbocycles. The van der Waals surface area contributed by atoms with Crippen LogP contribution in [0.5, 0.6) is 0 Å². The molecule has 0 radical (unpaired) electrons. The van der Waals surface area contributed by atoms with Crippen molar-refractivity contribution in [2.75, 3.05) is 0 Å². The number of imidazole rings is 1. The van der Waals surface area contributed by atoms with Crippen molar-refractivity contribution in [3.8, 4) is 5.69 Å². The molecule has 5 rings (SSSR count). The van der Waals surface area contributed by atoms with Gasteiger partial charge in [-0.25, -0.2) is 19.0 Å². The number of halogens is 1. The summed E-state index contributed by atoms with van der Waals surface area (Å²) in [5, 5.41) is 4.69. The Bertz CT molecular complexity index is 1260. The number of benzene rings is 2. The van der Waals surface area contributed by atoms with E-state index >= 15 is 0 Å². The van der Waals surface area contributed by atoms with Crippen LogP contribution in [-0.2, 0) is 13.0 Å². The molecule has 0 amide bonds. The highest BCUT2D eigenvalue weighted by atomic mass is 19.1. The molecule has 0 unspecified atom stereocenters. The first-order valence-electron chi connectivity index (χ1n) is 10.6. The van der Waals surface area contributed by atoms with Crippen LogP contribution in [0.1, 0.15) is 46.9 Å². The van der Waals surface area contributed by atoms with Crippen molar-refractivity contribution in [3.63, 3.8) is 0 Å². The molecular formula is C25H24FN5. The summed E-state index contributed by atoms with van der Waals surface area (Å²) in [5.74, 6) is 1.49. The molecule has 1 aliphatic heterocycles. The third-order valence-corrected chi connectivity index (χ3v) is 5.65. The Kier molecular flexibility index (Phi) is 4.98. The Morgan fingerprint density at radius 1 is 1.10 bits per heavy atom. The zero-order valence-electron chi connectivity index (χ0n) is 17.7. The SMILES string of the molecule is Cc1cn(-c2ccc(/C=C3\CCCn4nc(Cc5ccc(F)cc5)nc43)cc2C)cn1. The van der Waals surface area contributed by atoms with Crippen molar-refractivity contribution < 1.29 is 4.39 Å². The predicted molar refractivity (Wildman–Crippen MR) is 119 cm³/mol. The zero-order valence-corrected chi connectivity index (χ0v) is 17.7. The van der Waals surface area contributed by atoms with E-state index in [1.54, 1.807) is 12.1 Å². The largest absolute Gasteiger partial charge is 0.306 e. The summed E-state index contributed by atoms with van der Waals surface area (Å²) in [6, 6.07) is 13.0. The van der Waals surface area contributed by atoms with Crippen molar-refractivity contribution in [1.82, 2.24) is 24.3 Å². The summed E-state index contributed by atoms with van der Waals surface area (Å²) < 4.78 is 17.2. The van der Waals surface area contributed by atoms with Gasteiger partial charge in [0.1, 0.15) is 5.82 Å². The first kappa shape index (κ1) is 19.4. The van der Waals surface area contributed by atoms with Crippen LogP contribution in [0.15, 0.2) is 55.0 Å². The lowest BCUT2D eigenvalue weighted by Gasteiger charge is -2.15. The van der Waals surface area contributed by atoms with Gasteiger partial charge in [-0.2, -0.15) is 5.10 Å². The lowest BCUT2D eigenvalue weighted by atomic mass is 10.0. The molecule has 0 N–H and O–H groups in total. The van der Waals surface area contributed by atoms with Crippen LogP contribution < -0.4 is 0 Å². The Balaban J connectivity index is 1.42. The maximum absolute atomic E-state index is 13.2. The van der Waals surface area contributed by atoms with E-state index < -0.39 is 0 Å². The molecule has 5 nitrogen and oxygen atoms in total. The summed E-state index contributed by atoms with van der Waals surface area (Å²) in [6.45, 7) is 4.99. The van der Waals surface area contributed by atoms with E-state index in [1.165, 1.54) is 23.3 Å². The topological polar surface area (TPSA) is 48.5 Å². The molecule has 0 aliphatic carbocycles. The second-order valence-corrected chi connectivity index (χ2v) is 8.12. The first-order valence-corrected chi connectivity index (χ1v) is 10.6. The van der Waals surface area contributed by atoms with Crippen LogP contribution in [-0.4, -0.2) is 24.3 Å². The van der Waals surface area contributed by atoms with Gasteiger partial charge in [0, 0.05) is 24.8 Å². The van der Waals surface area contributed by atoms with Crippen LogP contribution in [0.3, 0.4) is 0 Å². The van der Waals surface area contributed by atoms with Crippen LogP contribution in [0.4, 0.5) is 4.39 Å². The third-order valence-electron chi connectivity index (χ3n) is 5.65. The van der Waals surface area contributed by atoms with Gasteiger partial charge in [-0.3, -0.25) is 0 Å². The number of hydrogen-bond acceptors (Lipinski definition) is 3. The van der Waals surface area contributed by atoms with Gasteiger partial charge in [-0.15, -0.1) is 0 Å². The van der Waals surface area contributed by atoms with E-state index in [4.69, 9.17) is 10.1 Å². The minimum absolute atomic E-state index is 0.226. The smallest absolute Gasteiger partial charge is 0.155 e. The Morgan fingerprint density at radius 3 is 2.68 bits per heavy atom. The predicted octanol–water partition coefficient (Wildman–Crippen LogP) is 5.14. The maximum Gasteiger partial charge on any atom is 0.155 e. The fourth-order valence-corrected chi connectivity index (χ4v) is 4.12. The van der Waals surface area contributed by atoms with Gasteiger partial charge in [0.15, 0.2) is 11.6 Å². The van der Waals surface area contributed by atoms with Gasteiger partial charge in [0.2, 0.25) is 0 Å². The molecule has 2 aromatic heterocycles. The highest BCUT2D eigenvalue weighted by Gasteiger charge is 2.19. The van der Waals surface area contributed by atoms with Crippen LogP contribution in [0.2, 0.25) is 0 Å². The summed E-state index contributed by atoms with van der Waals surface area (Å²) in [6.07, 6.45) is 8.73. The van der Waals surface area contributed by atoms with Gasteiger partial charge in [-0.1, -0.05) is 18.2 Å². The van der Waals surface area contributed by atoms with Crippen molar-refractivity contribution in [2.45, 2.75) is 39.7 Å². The summed E-state index contributed by atoms with van der Waals surface area (Å²) in [4.78, 5) is 9.14. The van der Waals surface area contributed by atoms with Crippen LogP contribution in [0, 0.1) is 19.7 Å². The molecule has 0 bridgehead atoms. The quantitative estimate of drug-likeness (QED) is 0.465. The van der Waals surface area contributed by atoms with E-state index in [1.807, 2.05) is 24.1 Å².